The third-order valence-electron chi connectivity index (χ3n) is 5.95. The van der Waals surface area contributed by atoms with E-state index in [1.54, 1.807) is 47.8 Å². The van der Waals surface area contributed by atoms with Crippen LogP contribution in [0.2, 0.25) is 0 Å². The molecule has 4 aromatic rings. The maximum absolute atomic E-state index is 14.2. The summed E-state index contributed by atoms with van der Waals surface area (Å²) in [5.74, 6) is -12.4. The fourth-order valence-corrected chi connectivity index (χ4v) is 4.61. The molecule has 4 rings (SSSR count). The second-order valence-corrected chi connectivity index (χ2v) is 10.5. The highest BCUT2D eigenvalue weighted by Gasteiger charge is 2.42. The lowest BCUT2D eigenvalue weighted by molar-refractivity contribution is -0.143. The smallest absolute Gasteiger partial charge is 0.422 e. The van der Waals surface area contributed by atoms with Crippen molar-refractivity contribution in [1.29, 1.82) is 0 Å². The Labute approximate surface area is 254 Å². The molecule has 0 aliphatic heterocycles. The average Bonchev–Trinajstić information content (AvgIpc) is 3.52. The van der Waals surface area contributed by atoms with Crippen molar-refractivity contribution in [3.8, 4) is 0 Å². The molecule has 0 radical (unpaired) electrons. The van der Waals surface area contributed by atoms with Crippen LogP contribution < -0.4 is 16.0 Å². The molecule has 0 saturated heterocycles. The van der Waals surface area contributed by atoms with Gasteiger partial charge in [0.15, 0.2) is 23.3 Å². The van der Waals surface area contributed by atoms with Crippen LogP contribution in [0.4, 0.5) is 42.1 Å². The highest BCUT2D eigenvalue weighted by Crippen LogP contribution is 2.38. The lowest BCUT2D eigenvalue weighted by Crippen LogP contribution is -2.30. The standard InChI is InChI=1S/C30H20F7N3O4S/c1-15(27(41)40-26-24(33)22(31)21(30(35,36)37)23(32)25(26)34)45-19-11-9-17(10-12-19)38-29(43)20(14-18-8-5-13-44-18)39-28(42)16-6-3-2-4-7-16/h2-15H,1H3,(H,38,43)(H,39,42)(H,40,41)/b20-14-. The first-order chi connectivity index (χ1) is 21.3. The molecule has 3 N–H and O–H groups in total. The number of furan rings is 1. The number of benzene rings is 3. The quantitative estimate of drug-likeness (QED) is 0.0759. The third kappa shape index (κ3) is 7.92. The maximum Gasteiger partial charge on any atom is 0.422 e. The highest BCUT2D eigenvalue weighted by molar-refractivity contribution is 8.00. The molecule has 0 fully saturated rings. The lowest BCUT2D eigenvalue weighted by atomic mass is 10.1. The number of amides is 3. The Morgan fingerprint density at radius 3 is 2.00 bits per heavy atom. The third-order valence-corrected chi connectivity index (χ3v) is 7.06. The van der Waals surface area contributed by atoms with Gasteiger partial charge in [0, 0.05) is 22.2 Å². The molecule has 0 aliphatic carbocycles. The average molecular weight is 652 g/mol. The SMILES string of the molecule is CC(Sc1ccc(NC(=O)/C(=C/c2ccco2)NC(=O)c2ccccc2)cc1)C(=O)Nc1c(F)c(F)c(C(F)(F)F)c(F)c1F. The summed E-state index contributed by atoms with van der Waals surface area (Å²) >= 11 is 0.823. The molecule has 7 nitrogen and oxygen atoms in total. The van der Waals surface area contributed by atoms with Crippen molar-refractivity contribution in [1.82, 2.24) is 5.32 Å². The van der Waals surface area contributed by atoms with Crippen LogP contribution in [-0.4, -0.2) is 23.0 Å². The number of hydrogen-bond donors (Lipinski definition) is 3. The summed E-state index contributed by atoms with van der Waals surface area (Å²) in [4.78, 5) is 38.6. The molecule has 45 heavy (non-hydrogen) atoms. The Morgan fingerprint density at radius 2 is 1.44 bits per heavy atom. The molecule has 1 heterocycles. The predicted molar refractivity (Wildman–Crippen MR) is 151 cm³/mol. The van der Waals surface area contributed by atoms with E-state index in [0.717, 1.165) is 11.8 Å². The molecule has 0 bridgehead atoms. The number of carbonyl (C=O) groups is 3. The van der Waals surface area contributed by atoms with Gasteiger partial charge in [-0.15, -0.1) is 11.8 Å². The van der Waals surface area contributed by atoms with Crippen molar-refractivity contribution in [2.24, 2.45) is 0 Å². The number of anilines is 2. The van der Waals surface area contributed by atoms with Gasteiger partial charge in [-0.3, -0.25) is 14.4 Å². The Balaban J connectivity index is 1.43. The molecule has 1 aromatic heterocycles. The molecule has 3 aromatic carbocycles. The van der Waals surface area contributed by atoms with Gasteiger partial charge in [0.2, 0.25) is 5.91 Å². The van der Waals surface area contributed by atoms with Crippen molar-refractivity contribution < 1.29 is 49.5 Å². The first-order valence-electron chi connectivity index (χ1n) is 12.7. The van der Waals surface area contributed by atoms with E-state index in [1.807, 2.05) is 0 Å². The van der Waals surface area contributed by atoms with Crippen LogP contribution in [-0.2, 0) is 15.8 Å². The van der Waals surface area contributed by atoms with Crippen LogP contribution in [0.25, 0.3) is 6.08 Å². The summed E-state index contributed by atoms with van der Waals surface area (Å²) in [6.45, 7) is 1.27. The van der Waals surface area contributed by atoms with Crippen molar-refractivity contribution in [2.75, 3.05) is 10.6 Å². The number of nitrogens with one attached hydrogen (secondary N) is 3. The topological polar surface area (TPSA) is 100 Å². The summed E-state index contributed by atoms with van der Waals surface area (Å²) in [6, 6.07) is 17.1. The molecule has 15 heteroatoms. The molecular formula is C30H20F7N3O4S. The molecule has 0 aliphatic rings. The Bertz CT molecular complexity index is 1720. The number of hydrogen-bond acceptors (Lipinski definition) is 5. The van der Waals surface area contributed by atoms with E-state index in [9.17, 15) is 45.1 Å². The fraction of sp³-hybridized carbons (Fsp3) is 0.100. The summed E-state index contributed by atoms with van der Waals surface area (Å²) in [5, 5.41) is 5.56. The molecule has 234 valence electrons. The Kier molecular flexibility index (Phi) is 10.0. The number of alkyl halides is 3. The number of thioether (sulfide) groups is 1. The van der Waals surface area contributed by atoms with E-state index in [1.165, 1.54) is 43.5 Å². The van der Waals surface area contributed by atoms with Gasteiger partial charge in [-0.2, -0.15) is 13.2 Å². The van der Waals surface area contributed by atoms with Gasteiger partial charge in [0.25, 0.3) is 11.8 Å². The number of halogens is 7. The zero-order valence-corrected chi connectivity index (χ0v) is 23.6. The first kappa shape index (κ1) is 32.9. The summed E-state index contributed by atoms with van der Waals surface area (Å²) in [7, 11) is 0. The van der Waals surface area contributed by atoms with Gasteiger partial charge in [-0.1, -0.05) is 18.2 Å². The molecule has 0 saturated carbocycles. The molecule has 3 amide bonds. The van der Waals surface area contributed by atoms with Crippen LogP contribution in [0.15, 0.2) is 88.0 Å². The largest absolute Gasteiger partial charge is 0.465 e. The molecule has 1 unspecified atom stereocenters. The Hall–Kier alpha value is -5.05. The van der Waals surface area contributed by atoms with Crippen LogP contribution in [0.3, 0.4) is 0 Å². The zero-order valence-electron chi connectivity index (χ0n) is 22.8. The van der Waals surface area contributed by atoms with E-state index in [4.69, 9.17) is 4.42 Å². The van der Waals surface area contributed by atoms with Crippen LogP contribution >= 0.6 is 11.8 Å². The molecule has 0 spiro atoms. The van der Waals surface area contributed by atoms with Crippen LogP contribution in [0.5, 0.6) is 0 Å². The summed E-state index contributed by atoms with van der Waals surface area (Å²) in [5.41, 5.74) is -4.04. The molecule has 1 atom stereocenters. The predicted octanol–water partition coefficient (Wildman–Crippen LogP) is 7.38. The number of rotatable bonds is 9. The second kappa shape index (κ2) is 13.7. The van der Waals surface area contributed by atoms with Gasteiger partial charge in [0.1, 0.15) is 22.7 Å². The summed E-state index contributed by atoms with van der Waals surface area (Å²) < 4.78 is 99.8. The van der Waals surface area contributed by atoms with E-state index >= 15 is 0 Å². The van der Waals surface area contributed by atoms with E-state index in [0.29, 0.717) is 10.5 Å². The van der Waals surface area contributed by atoms with E-state index < -0.39 is 63.7 Å². The van der Waals surface area contributed by atoms with Gasteiger partial charge < -0.3 is 20.4 Å². The van der Waals surface area contributed by atoms with Crippen LogP contribution in [0.1, 0.15) is 28.6 Å². The normalized spacial score (nSPS) is 12.4. The second-order valence-electron chi connectivity index (χ2n) is 9.13. The van der Waals surface area contributed by atoms with Crippen molar-refractivity contribution in [3.63, 3.8) is 0 Å². The Morgan fingerprint density at radius 1 is 0.822 bits per heavy atom. The minimum atomic E-state index is -5.72. The van der Waals surface area contributed by atoms with Crippen molar-refractivity contribution >= 4 is 46.9 Å². The summed E-state index contributed by atoms with van der Waals surface area (Å²) in [6.07, 6.45) is -3.02. The van der Waals surface area contributed by atoms with Gasteiger partial charge in [0.05, 0.1) is 11.5 Å². The first-order valence-corrected chi connectivity index (χ1v) is 13.6. The molecular weight excluding hydrogens is 631 g/mol. The minimum Gasteiger partial charge on any atom is -0.465 e. The maximum atomic E-state index is 14.2. The zero-order chi connectivity index (χ0) is 32.9. The highest BCUT2D eigenvalue weighted by atomic mass is 32.2. The van der Waals surface area contributed by atoms with E-state index in [-0.39, 0.29) is 17.1 Å². The fourth-order valence-electron chi connectivity index (χ4n) is 3.75. The van der Waals surface area contributed by atoms with Gasteiger partial charge >= 0.3 is 6.18 Å². The monoisotopic (exact) mass is 651 g/mol. The number of carbonyl (C=O) groups excluding carboxylic acids is 3. The lowest BCUT2D eigenvalue weighted by Gasteiger charge is -2.16. The van der Waals surface area contributed by atoms with Gasteiger partial charge in [-0.05, 0) is 55.5 Å². The van der Waals surface area contributed by atoms with Gasteiger partial charge in [-0.25, -0.2) is 17.6 Å². The minimum absolute atomic E-state index is 0.141. The van der Waals surface area contributed by atoms with Crippen molar-refractivity contribution in [2.45, 2.75) is 23.2 Å². The van der Waals surface area contributed by atoms with E-state index in [2.05, 4.69) is 10.6 Å². The van der Waals surface area contributed by atoms with Crippen LogP contribution in [0, 0.1) is 23.3 Å². The van der Waals surface area contributed by atoms with Crippen molar-refractivity contribution in [3.05, 3.63) is 119 Å².